The molecule has 19 heavy (non-hydrogen) atoms. The molecule has 1 atom stereocenters. The molecule has 2 rings (SSSR count). The number of hydrogen-bond donors (Lipinski definition) is 1. The fourth-order valence-electron chi connectivity index (χ4n) is 2.16. The minimum atomic E-state index is -0.890. The van der Waals surface area contributed by atoms with Crippen LogP contribution >= 0.6 is 0 Å². The fourth-order valence-corrected chi connectivity index (χ4v) is 2.16. The van der Waals surface area contributed by atoms with Gasteiger partial charge in [-0.05, 0) is 46.1 Å². The maximum absolute atomic E-state index is 13.9. The molecule has 0 aliphatic rings. The lowest BCUT2D eigenvalue weighted by molar-refractivity contribution is 0.360. The van der Waals surface area contributed by atoms with Crippen LogP contribution < -0.4 is 5.73 Å². The van der Waals surface area contributed by atoms with Gasteiger partial charge in [-0.3, -0.25) is 0 Å². The van der Waals surface area contributed by atoms with E-state index in [0.29, 0.717) is 5.52 Å². The quantitative estimate of drug-likeness (QED) is 0.926. The first kappa shape index (κ1) is 13.7. The highest BCUT2D eigenvalue weighted by molar-refractivity contribution is 5.79. The van der Waals surface area contributed by atoms with Gasteiger partial charge in [0.15, 0.2) is 11.6 Å². The van der Waals surface area contributed by atoms with Crippen LogP contribution in [0, 0.1) is 11.6 Å². The zero-order chi connectivity index (χ0) is 14.2. The van der Waals surface area contributed by atoms with Crippen LogP contribution in [0.4, 0.5) is 14.7 Å². The van der Waals surface area contributed by atoms with Gasteiger partial charge in [0.1, 0.15) is 5.52 Å². The van der Waals surface area contributed by atoms with E-state index in [4.69, 9.17) is 5.73 Å². The van der Waals surface area contributed by atoms with Gasteiger partial charge in [0, 0.05) is 6.04 Å². The summed E-state index contributed by atoms with van der Waals surface area (Å²) in [7, 11) is 3.92. The molecule has 0 radical (unpaired) electrons. The predicted octanol–water partition coefficient (Wildman–Crippen LogP) is 2.41. The monoisotopic (exact) mass is 268 g/mol. The Morgan fingerprint density at radius 2 is 2.05 bits per heavy atom. The molecule has 0 saturated carbocycles. The van der Waals surface area contributed by atoms with Crippen LogP contribution in [0.5, 0.6) is 0 Å². The molecule has 0 aliphatic carbocycles. The van der Waals surface area contributed by atoms with Crippen LogP contribution in [0.15, 0.2) is 12.1 Å². The van der Waals surface area contributed by atoms with Crippen molar-refractivity contribution >= 4 is 17.0 Å². The van der Waals surface area contributed by atoms with Gasteiger partial charge in [-0.15, -0.1) is 0 Å². The zero-order valence-electron chi connectivity index (χ0n) is 11.3. The van der Waals surface area contributed by atoms with Crippen molar-refractivity contribution in [3.05, 3.63) is 23.8 Å². The Bertz CT molecular complexity index is 592. The number of rotatable bonds is 4. The summed E-state index contributed by atoms with van der Waals surface area (Å²) in [6.07, 6.45) is 0.776. The van der Waals surface area contributed by atoms with Crippen LogP contribution in [-0.4, -0.2) is 35.1 Å². The molecule has 0 spiro atoms. The molecule has 0 saturated heterocycles. The Balaban J connectivity index is 2.47. The molecule has 0 aliphatic heterocycles. The van der Waals surface area contributed by atoms with Crippen molar-refractivity contribution in [3.8, 4) is 0 Å². The molecule has 4 nitrogen and oxygen atoms in total. The second-order valence-corrected chi connectivity index (χ2v) is 5.01. The third-order valence-corrected chi connectivity index (χ3v) is 3.21. The first-order chi connectivity index (χ1) is 8.91. The molecule has 0 amide bonds. The Morgan fingerprint density at radius 3 is 2.68 bits per heavy atom. The van der Waals surface area contributed by atoms with Crippen molar-refractivity contribution < 1.29 is 8.78 Å². The third-order valence-electron chi connectivity index (χ3n) is 3.21. The van der Waals surface area contributed by atoms with Crippen molar-refractivity contribution in [2.24, 2.45) is 0 Å². The number of hydrogen-bond acceptors (Lipinski definition) is 3. The molecule has 1 aromatic heterocycles. The topological polar surface area (TPSA) is 47.1 Å². The summed E-state index contributed by atoms with van der Waals surface area (Å²) in [5, 5.41) is 0. The minimum Gasteiger partial charge on any atom is -0.369 e. The van der Waals surface area contributed by atoms with Crippen molar-refractivity contribution in [2.75, 3.05) is 26.4 Å². The highest BCUT2D eigenvalue weighted by atomic mass is 19.2. The van der Waals surface area contributed by atoms with E-state index in [2.05, 4.69) is 4.98 Å². The Hall–Kier alpha value is -1.69. The van der Waals surface area contributed by atoms with E-state index in [0.717, 1.165) is 19.0 Å². The number of aromatic nitrogens is 2. The maximum Gasteiger partial charge on any atom is 0.201 e. The number of nitrogen functional groups attached to an aromatic ring is 1. The second-order valence-electron chi connectivity index (χ2n) is 5.01. The average Bonchev–Trinajstić information content (AvgIpc) is 2.68. The number of anilines is 1. The molecule has 0 fully saturated rings. The lowest BCUT2D eigenvalue weighted by atomic mass is 10.2. The molecule has 1 heterocycles. The summed E-state index contributed by atoms with van der Waals surface area (Å²) in [5.74, 6) is -1.56. The lowest BCUT2D eigenvalue weighted by Crippen LogP contribution is -2.18. The maximum atomic E-state index is 13.9. The van der Waals surface area contributed by atoms with Crippen LogP contribution in [0.1, 0.15) is 19.4 Å². The third kappa shape index (κ3) is 2.53. The number of benzene rings is 1. The van der Waals surface area contributed by atoms with Gasteiger partial charge in [0.25, 0.3) is 0 Å². The van der Waals surface area contributed by atoms with Gasteiger partial charge in [-0.2, -0.15) is 0 Å². The lowest BCUT2D eigenvalue weighted by Gasteiger charge is -2.18. The van der Waals surface area contributed by atoms with Crippen molar-refractivity contribution in [1.29, 1.82) is 0 Å². The van der Waals surface area contributed by atoms with E-state index in [1.807, 2.05) is 25.9 Å². The van der Waals surface area contributed by atoms with Crippen LogP contribution in [-0.2, 0) is 0 Å². The van der Waals surface area contributed by atoms with E-state index < -0.39 is 11.6 Å². The molecule has 6 heteroatoms. The van der Waals surface area contributed by atoms with E-state index in [-0.39, 0.29) is 17.5 Å². The van der Waals surface area contributed by atoms with Crippen LogP contribution in [0.25, 0.3) is 11.0 Å². The van der Waals surface area contributed by atoms with E-state index >= 15 is 0 Å². The molecule has 104 valence electrons. The zero-order valence-corrected chi connectivity index (χ0v) is 11.3. The summed E-state index contributed by atoms with van der Waals surface area (Å²) in [4.78, 5) is 6.11. The van der Waals surface area contributed by atoms with Crippen molar-refractivity contribution in [3.63, 3.8) is 0 Å². The molecule has 0 bridgehead atoms. The SMILES string of the molecule is CC(CCN(C)C)n1c(N)nc2ccc(F)c(F)c21. The Labute approximate surface area is 110 Å². The van der Waals surface area contributed by atoms with Gasteiger partial charge in [-0.25, -0.2) is 13.8 Å². The largest absolute Gasteiger partial charge is 0.369 e. The molecule has 1 unspecified atom stereocenters. The highest BCUT2D eigenvalue weighted by Crippen LogP contribution is 2.27. The molecule has 2 aromatic rings. The first-order valence-electron chi connectivity index (χ1n) is 6.18. The van der Waals surface area contributed by atoms with E-state index in [9.17, 15) is 8.78 Å². The number of nitrogens with zero attached hydrogens (tertiary/aromatic N) is 3. The smallest absolute Gasteiger partial charge is 0.201 e. The highest BCUT2D eigenvalue weighted by Gasteiger charge is 2.19. The summed E-state index contributed by atoms with van der Waals surface area (Å²) in [6, 6.07) is 2.46. The first-order valence-corrected chi connectivity index (χ1v) is 6.18. The van der Waals surface area contributed by atoms with Gasteiger partial charge in [0.2, 0.25) is 5.95 Å². The van der Waals surface area contributed by atoms with Crippen molar-refractivity contribution in [2.45, 2.75) is 19.4 Å². The van der Waals surface area contributed by atoms with E-state index in [1.165, 1.54) is 6.07 Å². The minimum absolute atomic E-state index is 0.0521. The number of nitrogens with two attached hydrogens (primary N) is 1. The Morgan fingerprint density at radius 1 is 1.37 bits per heavy atom. The number of halogens is 2. The van der Waals surface area contributed by atoms with Crippen LogP contribution in [0.3, 0.4) is 0 Å². The molecular weight excluding hydrogens is 250 g/mol. The average molecular weight is 268 g/mol. The summed E-state index contributed by atoms with van der Waals surface area (Å²) >= 11 is 0. The standard InChI is InChI=1S/C13H18F2N4/c1-8(6-7-18(2)3)19-12-10(17-13(19)16)5-4-9(14)11(12)15/h4-5,8H,6-7H2,1-3H3,(H2,16,17). The fraction of sp³-hybridized carbons (Fsp3) is 0.462. The normalized spacial score (nSPS) is 13.4. The van der Waals surface area contributed by atoms with Gasteiger partial charge in [0.05, 0.1) is 5.52 Å². The predicted molar refractivity (Wildman–Crippen MR) is 71.9 cm³/mol. The number of imidazole rings is 1. The van der Waals surface area contributed by atoms with Crippen LogP contribution in [0.2, 0.25) is 0 Å². The molecule has 1 aromatic carbocycles. The van der Waals surface area contributed by atoms with Gasteiger partial charge < -0.3 is 15.2 Å². The number of fused-ring (bicyclic) bond motifs is 1. The second kappa shape index (κ2) is 5.13. The van der Waals surface area contributed by atoms with Gasteiger partial charge >= 0.3 is 0 Å². The molecule has 2 N–H and O–H groups in total. The molecular formula is C13H18F2N4. The summed E-state index contributed by atoms with van der Waals surface area (Å²) in [5.41, 5.74) is 6.35. The summed E-state index contributed by atoms with van der Waals surface area (Å²) in [6.45, 7) is 2.75. The van der Waals surface area contributed by atoms with Gasteiger partial charge in [-0.1, -0.05) is 0 Å². The van der Waals surface area contributed by atoms with E-state index in [1.54, 1.807) is 4.57 Å². The Kier molecular flexibility index (Phi) is 3.71. The summed E-state index contributed by atoms with van der Waals surface area (Å²) < 4.78 is 28.8. The van der Waals surface area contributed by atoms with Crippen molar-refractivity contribution in [1.82, 2.24) is 14.5 Å².